The van der Waals surface area contributed by atoms with Crippen molar-refractivity contribution in [3.63, 3.8) is 0 Å². The van der Waals surface area contributed by atoms with Crippen molar-refractivity contribution in [2.45, 2.75) is 6.92 Å². The number of nitrogens with two attached hydrogens (primary N) is 2. The molecule has 1 aromatic rings. The molecule has 1 rings (SSSR count). The van der Waals surface area contributed by atoms with Crippen LogP contribution in [0.3, 0.4) is 0 Å². The molecule has 0 aromatic heterocycles. The maximum Gasteiger partial charge on any atom is 0.335 e. The van der Waals surface area contributed by atoms with E-state index in [-0.39, 0.29) is 17.9 Å². The zero-order chi connectivity index (χ0) is 13.0. The summed E-state index contributed by atoms with van der Waals surface area (Å²) in [5.74, 6) is -1.79. The quantitative estimate of drug-likeness (QED) is 0.645. The molecule has 0 saturated heterocycles. The summed E-state index contributed by atoms with van der Waals surface area (Å²) in [6, 6.07) is 4.13. The lowest BCUT2D eigenvalue weighted by molar-refractivity contribution is -0.122. The Bertz CT molecular complexity index is 445. The number of nitrogen functional groups attached to an aromatic ring is 1. The first kappa shape index (κ1) is 12.8. The van der Waals surface area contributed by atoms with Crippen molar-refractivity contribution < 1.29 is 19.4 Å². The fourth-order valence-corrected chi connectivity index (χ4v) is 1.09. The summed E-state index contributed by atoms with van der Waals surface area (Å²) in [5, 5.41) is 8.80. The number of benzene rings is 1. The largest absolute Gasteiger partial charge is 0.491 e. The minimum absolute atomic E-state index is 0.0581. The van der Waals surface area contributed by atoms with Gasteiger partial charge in [-0.25, -0.2) is 4.79 Å². The molecule has 1 amide bonds. The van der Waals surface area contributed by atoms with Crippen molar-refractivity contribution in [3.8, 4) is 5.75 Å². The van der Waals surface area contributed by atoms with Crippen molar-refractivity contribution in [2.24, 2.45) is 11.7 Å². The molecule has 5 N–H and O–H groups in total. The van der Waals surface area contributed by atoms with Gasteiger partial charge in [-0.2, -0.15) is 0 Å². The number of carboxylic acid groups (broad SMARTS) is 1. The molecule has 0 heterocycles. The third-order valence-electron chi connectivity index (χ3n) is 2.24. The molecule has 0 aliphatic carbocycles. The van der Waals surface area contributed by atoms with E-state index in [4.69, 9.17) is 21.3 Å². The number of carbonyl (C=O) groups is 2. The summed E-state index contributed by atoms with van der Waals surface area (Å²) in [4.78, 5) is 21.5. The minimum Gasteiger partial charge on any atom is -0.491 e. The highest BCUT2D eigenvalue weighted by Gasteiger charge is 2.12. The Morgan fingerprint density at radius 2 is 2.12 bits per heavy atom. The first-order valence-electron chi connectivity index (χ1n) is 4.96. The molecule has 0 spiro atoms. The smallest absolute Gasteiger partial charge is 0.335 e. The Hall–Kier alpha value is -2.24. The Morgan fingerprint density at radius 1 is 1.47 bits per heavy atom. The highest BCUT2D eigenvalue weighted by atomic mass is 16.5. The highest BCUT2D eigenvalue weighted by Crippen LogP contribution is 2.23. The number of amides is 1. The van der Waals surface area contributed by atoms with Crippen LogP contribution >= 0.6 is 0 Å². The second kappa shape index (κ2) is 5.20. The number of hydrogen-bond acceptors (Lipinski definition) is 4. The van der Waals surface area contributed by atoms with Gasteiger partial charge in [-0.1, -0.05) is 6.92 Å². The van der Waals surface area contributed by atoms with E-state index in [2.05, 4.69) is 0 Å². The number of anilines is 1. The van der Waals surface area contributed by atoms with Crippen LogP contribution in [0.4, 0.5) is 5.69 Å². The van der Waals surface area contributed by atoms with Gasteiger partial charge in [0.1, 0.15) is 5.75 Å². The molecule has 1 aromatic carbocycles. The van der Waals surface area contributed by atoms with Crippen LogP contribution in [0.15, 0.2) is 18.2 Å². The van der Waals surface area contributed by atoms with Crippen molar-refractivity contribution in [1.82, 2.24) is 0 Å². The molecule has 6 nitrogen and oxygen atoms in total. The number of carboxylic acids is 1. The zero-order valence-corrected chi connectivity index (χ0v) is 9.34. The second-order valence-electron chi connectivity index (χ2n) is 3.67. The summed E-state index contributed by atoms with van der Waals surface area (Å²) in [6.45, 7) is 1.67. The fraction of sp³-hybridized carbons (Fsp3) is 0.273. The maximum absolute atomic E-state index is 10.8. The lowest BCUT2D eigenvalue weighted by Gasteiger charge is -2.12. The van der Waals surface area contributed by atoms with Crippen LogP contribution < -0.4 is 16.2 Å². The first-order valence-corrected chi connectivity index (χ1v) is 4.96. The summed E-state index contributed by atoms with van der Waals surface area (Å²) >= 11 is 0. The van der Waals surface area contributed by atoms with E-state index >= 15 is 0 Å². The summed E-state index contributed by atoms with van der Waals surface area (Å²) in [6.07, 6.45) is 0. The van der Waals surface area contributed by atoms with Crippen LogP contribution in [0.2, 0.25) is 0 Å². The van der Waals surface area contributed by atoms with Crippen molar-refractivity contribution in [2.75, 3.05) is 12.3 Å². The molecule has 1 unspecified atom stereocenters. The van der Waals surface area contributed by atoms with E-state index in [0.29, 0.717) is 5.69 Å². The molecule has 0 aliphatic heterocycles. The van der Waals surface area contributed by atoms with Crippen molar-refractivity contribution in [1.29, 1.82) is 0 Å². The topological polar surface area (TPSA) is 116 Å². The normalized spacial score (nSPS) is 11.8. The molecule has 0 saturated carbocycles. The number of rotatable bonds is 5. The van der Waals surface area contributed by atoms with Crippen LogP contribution in [0, 0.1) is 5.92 Å². The monoisotopic (exact) mass is 238 g/mol. The van der Waals surface area contributed by atoms with Gasteiger partial charge in [-0.15, -0.1) is 0 Å². The first-order chi connectivity index (χ1) is 7.91. The van der Waals surface area contributed by atoms with Gasteiger partial charge in [0.2, 0.25) is 5.91 Å². The molecule has 6 heteroatoms. The third-order valence-corrected chi connectivity index (χ3v) is 2.24. The molecule has 1 atom stereocenters. The average Bonchev–Trinajstić information content (AvgIpc) is 2.26. The van der Waals surface area contributed by atoms with Gasteiger partial charge in [0, 0.05) is 0 Å². The van der Waals surface area contributed by atoms with Gasteiger partial charge in [-0.05, 0) is 18.2 Å². The molecule has 0 aliphatic rings. The number of ether oxygens (including phenoxy) is 1. The Morgan fingerprint density at radius 3 is 2.65 bits per heavy atom. The summed E-state index contributed by atoms with van der Waals surface area (Å²) in [5.41, 5.74) is 11.1. The van der Waals surface area contributed by atoms with E-state index in [1.807, 2.05) is 0 Å². The van der Waals surface area contributed by atoms with Crippen molar-refractivity contribution in [3.05, 3.63) is 23.8 Å². The average molecular weight is 238 g/mol. The summed E-state index contributed by atoms with van der Waals surface area (Å²) < 4.78 is 5.26. The Labute approximate surface area is 98.2 Å². The van der Waals surface area contributed by atoms with Gasteiger partial charge in [0.05, 0.1) is 23.8 Å². The molecule has 0 bridgehead atoms. The minimum atomic E-state index is -1.07. The Kier molecular flexibility index (Phi) is 3.92. The van der Waals surface area contributed by atoms with E-state index in [0.717, 1.165) is 0 Å². The van der Waals surface area contributed by atoms with E-state index < -0.39 is 17.8 Å². The van der Waals surface area contributed by atoms with Gasteiger partial charge in [0.15, 0.2) is 0 Å². The highest BCUT2D eigenvalue weighted by molar-refractivity contribution is 5.89. The maximum atomic E-state index is 10.8. The number of carbonyl (C=O) groups excluding carboxylic acids is 1. The van der Waals surface area contributed by atoms with Crippen LogP contribution in [0.5, 0.6) is 5.75 Å². The molecular formula is C11H14N2O4. The molecular weight excluding hydrogens is 224 g/mol. The van der Waals surface area contributed by atoms with E-state index in [9.17, 15) is 9.59 Å². The molecule has 17 heavy (non-hydrogen) atoms. The number of aromatic carboxylic acids is 1. The van der Waals surface area contributed by atoms with Gasteiger partial charge >= 0.3 is 5.97 Å². The lowest BCUT2D eigenvalue weighted by atomic mass is 10.2. The van der Waals surface area contributed by atoms with Gasteiger partial charge < -0.3 is 21.3 Å². The second-order valence-corrected chi connectivity index (χ2v) is 3.67. The van der Waals surface area contributed by atoms with Gasteiger partial charge in [-0.3, -0.25) is 4.79 Å². The van der Waals surface area contributed by atoms with Crippen molar-refractivity contribution >= 4 is 17.6 Å². The van der Waals surface area contributed by atoms with E-state index in [1.54, 1.807) is 6.92 Å². The zero-order valence-electron chi connectivity index (χ0n) is 9.34. The fourth-order valence-electron chi connectivity index (χ4n) is 1.09. The van der Waals surface area contributed by atoms with Gasteiger partial charge in [0.25, 0.3) is 0 Å². The standard InChI is InChI=1S/C11H14N2O4/c1-6(10(13)14)5-17-9-4-7(11(15)16)2-3-8(9)12/h2-4,6H,5,12H2,1H3,(H2,13,14)(H,15,16). The summed E-state index contributed by atoms with van der Waals surface area (Å²) in [7, 11) is 0. The van der Waals surface area contributed by atoms with Crippen LogP contribution in [-0.2, 0) is 4.79 Å². The number of hydrogen-bond donors (Lipinski definition) is 3. The van der Waals surface area contributed by atoms with Crippen LogP contribution in [0.1, 0.15) is 17.3 Å². The number of primary amides is 1. The molecule has 0 fully saturated rings. The van der Waals surface area contributed by atoms with E-state index in [1.165, 1.54) is 18.2 Å². The van der Waals surface area contributed by atoms with Crippen LogP contribution in [0.25, 0.3) is 0 Å². The predicted octanol–water partition coefficient (Wildman–Crippen LogP) is 0.467. The molecule has 92 valence electrons. The SMILES string of the molecule is CC(COc1cc(C(=O)O)ccc1N)C(N)=O. The third kappa shape index (κ3) is 3.37. The van der Waals surface area contributed by atoms with Crippen LogP contribution in [-0.4, -0.2) is 23.6 Å². The molecule has 0 radical (unpaired) electrons. The predicted molar refractivity (Wildman–Crippen MR) is 61.7 cm³/mol. The Balaban J connectivity index is 2.79. The lowest BCUT2D eigenvalue weighted by Crippen LogP contribution is -2.26.